The lowest BCUT2D eigenvalue weighted by molar-refractivity contribution is 0.285. The summed E-state index contributed by atoms with van der Waals surface area (Å²) in [5, 5.41) is 15.7. The molecule has 6 rings (SSSR count). The van der Waals surface area contributed by atoms with E-state index >= 15 is 0 Å². The van der Waals surface area contributed by atoms with Crippen LogP contribution >= 0.6 is 11.6 Å². The molecule has 0 fully saturated rings. The van der Waals surface area contributed by atoms with Crippen LogP contribution in [0.15, 0.2) is 104 Å². The van der Waals surface area contributed by atoms with Gasteiger partial charge in [0, 0.05) is 35.4 Å². The summed E-state index contributed by atoms with van der Waals surface area (Å²) in [5.74, 6) is 0.503. The number of hydrogen-bond donors (Lipinski definition) is 1. The Morgan fingerprint density at radius 3 is 2.07 bits per heavy atom. The van der Waals surface area contributed by atoms with Crippen molar-refractivity contribution in [2.24, 2.45) is 7.05 Å². The molecule has 0 radical (unpaired) electrons. The third kappa shape index (κ3) is 5.78. The number of anilines is 1. The Morgan fingerprint density at radius 2 is 1.50 bits per heavy atom. The van der Waals surface area contributed by atoms with Crippen molar-refractivity contribution < 1.29 is 4.43 Å². The van der Waals surface area contributed by atoms with Crippen molar-refractivity contribution in [3.05, 3.63) is 109 Å². The molecule has 3 heterocycles. The van der Waals surface area contributed by atoms with Gasteiger partial charge in [-0.25, -0.2) is 9.50 Å². The first-order chi connectivity index (χ1) is 21.1. The summed E-state index contributed by atoms with van der Waals surface area (Å²) < 4.78 is 10.7. The molecule has 224 valence electrons. The number of nitrogens with one attached hydrogen (secondary N) is 1. The minimum absolute atomic E-state index is 0.0698. The van der Waals surface area contributed by atoms with Crippen molar-refractivity contribution in [1.82, 2.24) is 29.4 Å². The van der Waals surface area contributed by atoms with Crippen molar-refractivity contribution in [2.45, 2.75) is 38.8 Å². The van der Waals surface area contributed by atoms with E-state index in [2.05, 4.69) is 98.8 Å². The number of hydrogen-bond acceptors (Lipinski definition) is 6. The maximum atomic E-state index is 7.14. The summed E-state index contributed by atoms with van der Waals surface area (Å²) in [6, 6.07) is 28.9. The maximum Gasteiger partial charge on any atom is 0.261 e. The minimum Gasteiger partial charge on any atom is -0.405 e. The standard InChI is InChI=1S/C34H36ClN7OSi/c1-24(23-43-44(34(2,3)4,28-12-8-6-9-13-28)29-14-10-7-11-15-29)37-33-39-32-31(26-20-36-41(5)21-26)38-30(22-42(32)40-33)25-16-18-27(35)19-17-25/h6-22,24H,23H2,1-5H3,(H,37,40)/t24-/m0/s1. The fourth-order valence-corrected chi connectivity index (χ4v) is 10.5. The smallest absolute Gasteiger partial charge is 0.261 e. The van der Waals surface area contributed by atoms with Crippen LogP contribution in [-0.4, -0.2) is 50.3 Å². The maximum absolute atomic E-state index is 7.14. The number of halogens is 1. The predicted octanol–water partition coefficient (Wildman–Crippen LogP) is 6.22. The van der Waals surface area contributed by atoms with Crippen molar-refractivity contribution >= 4 is 41.9 Å². The van der Waals surface area contributed by atoms with Crippen molar-refractivity contribution in [3.63, 3.8) is 0 Å². The molecule has 1 N–H and O–H groups in total. The highest BCUT2D eigenvalue weighted by atomic mass is 35.5. The van der Waals surface area contributed by atoms with Crippen LogP contribution < -0.4 is 15.7 Å². The molecule has 6 aromatic rings. The third-order valence-electron chi connectivity index (χ3n) is 7.78. The van der Waals surface area contributed by atoms with Gasteiger partial charge in [0.1, 0.15) is 5.69 Å². The molecule has 0 aliphatic heterocycles. The van der Waals surface area contributed by atoms with Crippen LogP contribution in [0.3, 0.4) is 0 Å². The summed E-state index contributed by atoms with van der Waals surface area (Å²) >= 11 is 6.15. The van der Waals surface area contributed by atoms with Gasteiger partial charge in [0.2, 0.25) is 5.95 Å². The van der Waals surface area contributed by atoms with E-state index in [9.17, 15) is 0 Å². The molecule has 0 saturated carbocycles. The first-order valence-corrected chi connectivity index (χ1v) is 17.0. The fourth-order valence-electron chi connectivity index (χ4n) is 5.72. The Labute approximate surface area is 263 Å². The van der Waals surface area contributed by atoms with Gasteiger partial charge in [-0.15, -0.1) is 5.10 Å². The summed E-state index contributed by atoms with van der Waals surface area (Å²) in [6.45, 7) is 9.43. The molecule has 0 aliphatic carbocycles. The molecule has 44 heavy (non-hydrogen) atoms. The van der Waals surface area contributed by atoms with E-state index in [0.29, 0.717) is 28.9 Å². The Bertz CT molecular complexity index is 1830. The quantitative estimate of drug-likeness (QED) is 0.193. The Balaban J connectivity index is 1.33. The number of aromatic nitrogens is 6. The van der Waals surface area contributed by atoms with Gasteiger partial charge in [-0.3, -0.25) is 4.68 Å². The van der Waals surface area contributed by atoms with Crippen LogP contribution in [0.4, 0.5) is 5.95 Å². The zero-order chi connectivity index (χ0) is 30.9. The fraction of sp³-hybridized carbons (Fsp3) is 0.235. The van der Waals surface area contributed by atoms with Crippen molar-refractivity contribution in [3.8, 4) is 22.5 Å². The lowest BCUT2D eigenvalue weighted by atomic mass is 10.1. The zero-order valence-corrected chi connectivity index (χ0v) is 27.3. The topological polar surface area (TPSA) is 82.2 Å². The average Bonchev–Trinajstić information content (AvgIpc) is 3.63. The average molecular weight is 622 g/mol. The second-order valence-electron chi connectivity index (χ2n) is 12.1. The van der Waals surface area contributed by atoms with Gasteiger partial charge in [0.15, 0.2) is 5.65 Å². The molecule has 0 saturated heterocycles. The van der Waals surface area contributed by atoms with E-state index in [4.69, 9.17) is 31.1 Å². The van der Waals surface area contributed by atoms with Crippen LogP contribution in [0.2, 0.25) is 10.1 Å². The lowest BCUT2D eigenvalue weighted by Gasteiger charge is -2.43. The van der Waals surface area contributed by atoms with E-state index in [-0.39, 0.29) is 11.1 Å². The van der Waals surface area contributed by atoms with Crippen LogP contribution in [0.1, 0.15) is 27.7 Å². The second-order valence-corrected chi connectivity index (χ2v) is 16.8. The highest BCUT2D eigenvalue weighted by Gasteiger charge is 2.50. The Kier molecular flexibility index (Phi) is 8.11. The van der Waals surface area contributed by atoms with Crippen molar-refractivity contribution in [1.29, 1.82) is 0 Å². The number of benzene rings is 3. The monoisotopic (exact) mass is 621 g/mol. The highest BCUT2D eigenvalue weighted by molar-refractivity contribution is 6.99. The molecule has 1 atom stereocenters. The van der Waals surface area contributed by atoms with E-state index in [1.807, 2.05) is 43.7 Å². The number of nitrogens with zero attached hydrogens (tertiary/aromatic N) is 6. The second kappa shape index (κ2) is 12.0. The molecule has 0 unspecified atom stereocenters. The summed E-state index contributed by atoms with van der Waals surface area (Å²) in [7, 11) is -0.793. The summed E-state index contributed by atoms with van der Waals surface area (Å²) in [4.78, 5) is 9.85. The zero-order valence-electron chi connectivity index (χ0n) is 25.6. The molecular weight excluding hydrogens is 586 g/mol. The number of rotatable bonds is 9. The first-order valence-electron chi connectivity index (χ1n) is 14.7. The first kappa shape index (κ1) is 29.7. The molecule has 0 aliphatic rings. The summed E-state index contributed by atoms with van der Waals surface area (Å²) in [6.07, 6.45) is 5.60. The van der Waals surface area contributed by atoms with E-state index in [1.54, 1.807) is 15.4 Å². The Morgan fingerprint density at radius 1 is 0.864 bits per heavy atom. The van der Waals surface area contributed by atoms with E-state index in [1.165, 1.54) is 10.4 Å². The van der Waals surface area contributed by atoms with Gasteiger partial charge in [-0.1, -0.05) is 105 Å². The van der Waals surface area contributed by atoms with Crippen molar-refractivity contribution in [2.75, 3.05) is 11.9 Å². The minimum atomic E-state index is -2.68. The summed E-state index contributed by atoms with van der Waals surface area (Å²) in [5.41, 5.74) is 3.88. The van der Waals surface area contributed by atoms with E-state index in [0.717, 1.165) is 16.8 Å². The van der Waals surface area contributed by atoms with Gasteiger partial charge >= 0.3 is 0 Å². The molecule has 8 nitrogen and oxygen atoms in total. The predicted molar refractivity (Wildman–Crippen MR) is 180 cm³/mol. The molecule has 3 aromatic carbocycles. The van der Waals surface area contributed by atoms with Gasteiger partial charge in [-0.2, -0.15) is 10.1 Å². The molecule has 0 bridgehead atoms. The van der Waals surface area contributed by atoms with Crippen LogP contribution in [0.5, 0.6) is 0 Å². The normalized spacial score (nSPS) is 12.9. The molecule has 0 spiro atoms. The van der Waals surface area contributed by atoms with Crippen LogP contribution in [0.25, 0.3) is 28.2 Å². The highest BCUT2D eigenvalue weighted by Crippen LogP contribution is 2.37. The van der Waals surface area contributed by atoms with Gasteiger partial charge in [-0.05, 0) is 34.5 Å². The van der Waals surface area contributed by atoms with E-state index < -0.39 is 8.32 Å². The molecule has 10 heteroatoms. The van der Waals surface area contributed by atoms with Gasteiger partial charge in [0.05, 0.1) is 24.7 Å². The van der Waals surface area contributed by atoms with Gasteiger partial charge in [0.25, 0.3) is 8.32 Å². The SMILES string of the molecule is C[C@@H](CO[Si](c1ccccc1)(c1ccccc1)C(C)(C)C)Nc1nc2c(-c3cnn(C)c3)nc(-c3ccc(Cl)cc3)cn2n1. The number of aryl methyl sites for hydroxylation is 1. The number of fused-ring (bicyclic) bond motifs is 1. The lowest BCUT2D eigenvalue weighted by Crippen LogP contribution is -2.67. The largest absolute Gasteiger partial charge is 0.405 e. The van der Waals surface area contributed by atoms with Crippen LogP contribution in [-0.2, 0) is 11.5 Å². The molecule has 3 aromatic heterocycles. The molecule has 0 amide bonds. The van der Waals surface area contributed by atoms with Gasteiger partial charge < -0.3 is 9.74 Å². The Hall–Kier alpha value is -4.31. The van der Waals surface area contributed by atoms with Crippen LogP contribution in [0, 0.1) is 0 Å². The molecular formula is C34H36ClN7OSi. The third-order valence-corrected chi connectivity index (χ3v) is 13.0.